The van der Waals surface area contributed by atoms with Gasteiger partial charge < -0.3 is 0 Å². The number of benzene rings is 1. The summed E-state index contributed by atoms with van der Waals surface area (Å²) in [5, 5.41) is 0. The molecule has 0 heterocycles. The van der Waals surface area contributed by atoms with Crippen LogP contribution in [0.15, 0.2) is 18.2 Å². The Kier molecular flexibility index (Phi) is 4.64. The van der Waals surface area contributed by atoms with Crippen molar-refractivity contribution in [2.24, 2.45) is 5.92 Å². The molecule has 0 radical (unpaired) electrons. The van der Waals surface area contributed by atoms with Crippen molar-refractivity contribution >= 4 is 6.08 Å². The van der Waals surface area contributed by atoms with Gasteiger partial charge in [0.05, 0.1) is 0 Å². The second-order valence-electron chi connectivity index (χ2n) is 5.68. The summed E-state index contributed by atoms with van der Waals surface area (Å²) in [4.78, 5) is 0. The molecule has 1 heteroatoms. The predicted molar refractivity (Wildman–Crippen MR) is 74.3 cm³/mol. The normalized spacial score (nSPS) is 22.0. The first-order chi connectivity index (χ1) is 8.31. The third-order valence-electron chi connectivity index (χ3n) is 4.68. The topological polar surface area (TPSA) is 0 Å². The molecule has 1 aromatic rings. The van der Waals surface area contributed by atoms with Gasteiger partial charge in [0, 0.05) is 31.8 Å². The van der Waals surface area contributed by atoms with Crippen molar-refractivity contribution in [2.45, 2.75) is 51.9 Å². The summed E-state index contributed by atoms with van der Waals surface area (Å²) in [5.74, 6) is 1.46. The first-order valence-corrected chi connectivity index (χ1v) is 7.14. The van der Waals surface area contributed by atoms with E-state index in [0.29, 0.717) is 5.92 Å². The van der Waals surface area contributed by atoms with E-state index in [1.165, 1.54) is 37.7 Å². The summed E-state index contributed by atoms with van der Waals surface area (Å²) < 4.78 is 0. The molecule has 0 aromatic heterocycles. The number of allylic oxidation sites excluding steroid dienone is 1. The standard InChI is InChI=1S/C17H22.Hf/c1-3-12(2)15-11-10-14-9-8-13-6-4-5-7-16(13)17(14)15;/h8-12,15H,3-7H2,1-2H3;. The van der Waals surface area contributed by atoms with Crippen molar-refractivity contribution in [3.05, 3.63) is 40.5 Å². The molecule has 0 fully saturated rings. The smallest absolute Gasteiger partial charge is 0.00556 e. The second-order valence-corrected chi connectivity index (χ2v) is 5.68. The molecule has 0 N–H and O–H groups in total. The fraction of sp³-hybridized carbons (Fsp3) is 0.529. The molecule has 0 saturated carbocycles. The maximum absolute atomic E-state index is 2.44. The van der Waals surface area contributed by atoms with Gasteiger partial charge in [-0.3, -0.25) is 0 Å². The second kappa shape index (κ2) is 5.86. The van der Waals surface area contributed by atoms with Crippen LogP contribution in [-0.2, 0) is 38.7 Å². The summed E-state index contributed by atoms with van der Waals surface area (Å²) >= 11 is 0. The Bertz CT molecular complexity index is 459. The Hall–Kier alpha value is -0.170. The van der Waals surface area contributed by atoms with Crippen molar-refractivity contribution in [3.8, 4) is 0 Å². The third kappa shape index (κ3) is 2.31. The molecule has 2 unspecified atom stereocenters. The quantitative estimate of drug-likeness (QED) is 0.626. The van der Waals surface area contributed by atoms with Gasteiger partial charge in [-0.05, 0) is 53.9 Å². The molecule has 94 valence electrons. The Balaban J connectivity index is 0.00000120. The third-order valence-corrected chi connectivity index (χ3v) is 4.68. The van der Waals surface area contributed by atoms with E-state index >= 15 is 0 Å². The molecule has 1 aromatic carbocycles. The van der Waals surface area contributed by atoms with Crippen LogP contribution in [0.4, 0.5) is 0 Å². The van der Waals surface area contributed by atoms with Crippen LogP contribution in [0.1, 0.15) is 61.3 Å². The minimum Gasteiger partial charge on any atom is -0.0761 e. The van der Waals surface area contributed by atoms with Gasteiger partial charge in [-0.1, -0.05) is 44.6 Å². The zero-order valence-corrected chi connectivity index (χ0v) is 15.1. The van der Waals surface area contributed by atoms with Crippen LogP contribution < -0.4 is 0 Å². The molecule has 2 atom stereocenters. The molecular formula is C17H22Hf. The Morgan fingerprint density at radius 3 is 2.78 bits per heavy atom. The molecule has 2 aliphatic carbocycles. The van der Waals surface area contributed by atoms with Crippen LogP contribution >= 0.6 is 0 Å². The number of rotatable bonds is 2. The number of hydrogen-bond acceptors (Lipinski definition) is 0. The fourth-order valence-corrected chi connectivity index (χ4v) is 3.45. The van der Waals surface area contributed by atoms with Gasteiger partial charge >= 0.3 is 0 Å². The predicted octanol–water partition coefficient (Wildman–Crippen LogP) is 4.72. The van der Waals surface area contributed by atoms with E-state index in [9.17, 15) is 0 Å². The van der Waals surface area contributed by atoms with Crippen molar-refractivity contribution < 1.29 is 25.8 Å². The molecule has 0 spiro atoms. The summed E-state index contributed by atoms with van der Waals surface area (Å²) in [5.41, 5.74) is 6.50. The molecule has 3 rings (SSSR count). The Labute approximate surface area is 130 Å². The molecule has 2 aliphatic rings. The summed E-state index contributed by atoms with van der Waals surface area (Å²) in [6.45, 7) is 4.71. The minimum atomic E-state index is 0. The van der Waals surface area contributed by atoms with Crippen molar-refractivity contribution in [1.29, 1.82) is 0 Å². The van der Waals surface area contributed by atoms with Crippen molar-refractivity contribution in [1.82, 2.24) is 0 Å². The summed E-state index contributed by atoms with van der Waals surface area (Å²) in [6.07, 6.45) is 11.4. The largest absolute Gasteiger partial charge is 0.0761 e. The Morgan fingerprint density at radius 1 is 1.22 bits per heavy atom. The monoisotopic (exact) mass is 406 g/mol. The van der Waals surface area contributed by atoms with Crippen LogP contribution in [0, 0.1) is 5.92 Å². The van der Waals surface area contributed by atoms with Crippen LogP contribution in [0.3, 0.4) is 0 Å². The maximum Gasteiger partial charge on any atom is 0.00556 e. The van der Waals surface area contributed by atoms with Crippen molar-refractivity contribution in [2.75, 3.05) is 0 Å². The average Bonchev–Trinajstić information content (AvgIpc) is 2.82. The van der Waals surface area contributed by atoms with Gasteiger partial charge in [-0.2, -0.15) is 0 Å². The van der Waals surface area contributed by atoms with Gasteiger partial charge in [0.1, 0.15) is 0 Å². The van der Waals surface area contributed by atoms with E-state index in [1.54, 1.807) is 16.7 Å². The summed E-state index contributed by atoms with van der Waals surface area (Å²) in [6, 6.07) is 4.72. The van der Waals surface area contributed by atoms with E-state index in [-0.39, 0.29) is 25.8 Å². The molecular weight excluding hydrogens is 383 g/mol. The maximum atomic E-state index is 2.44. The van der Waals surface area contributed by atoms with Crippen LogP contribution in [0.5, 0.6) is 0 Å². The molecule has 0 saturated heterocycles. The number of fused-ring (bicyclic) bond motifs is 3. The zero-order valence-electron chi connectivity index (χ0n) is 11.5. The number of hydrogen-bond donors (Lipinski definition) is 0. The molecule has 0 amide bonds. The average molecular weight is 405 g/mol. The van der Waals surface area contributed by atoms with E-state index in [0.717, 1.165) is 5.92 Å². The molecule has 0 bridgehead atoms. The fourth-order valence-electron chi connectivity index (χ4n) is 3.45. The van der Waals surface area contributed by atoms with Crippen LogP contribution in [0.2, 0.25) is 0 Å². The zero-order chi connectivity index (χ0) is 11.8. The number of aryl methyl sites for hydroxylation is 1. The molecule has 0 nitrogen and oxygen atoms in total. The van der Waals surface area contributed by atoms with Crippen LogP contribution in [-0.4, -0.2) is 0 Å². The minimum absolute atomic E-state index is 0. The van der Waals surface area contributed by atoms with E-state index in [2.05, 4.69) is 38.1 Å². The SMILES string of the molecule is CCC(C)C1C=Cc2ccc3c(c21)CCCC3.[Hf]. The Morgan fingerprint density at radius 2 is 2.00 bits per heavy atom. The summed E-state index contributed by atoms with van der Waals surface area (Å²) in [7, 11) is 0. The van der Waals surface area contributed by atoms with E-state index < -0.39 is 0 Å². The van der Waals surface area contributed by atoms with Gasteiger partial charge in [0.25, 0.3) is 0 Å². The van der Waals surface area contributed by atoms with Gasteiger partial charge in [0.2, 0.25) is 0 Å². The molecule has 18 heavy (non-hydrogen) atoms. The van der Waals surface area contributed by atoms with Crippen molar-refractivity contribution in [3.63, 3.8) is 0 Å². The van der Waals surface area contributed by atoms with Gasteiger partial charge in [0.15, 0.2) is 0 Å². The first kappa shape index (κ1) is 14.2. The van der Waals surface area contributed by atoms with Crippen LogP contribution in [0.25, 0.3) is 6.08 Å². The van der Waals surface area contributed by atoms with Gasteiger partial charge in [-0.25, -0.2) is 0 Å². The van der Waals surface area contributed by atoms with E-state index in [4.69, 9.17) is 0 Å². The molecule has 0 aliphatic heterocycles. The van der Waals surface area contributed by atoms with Gasteiger partial charge in [-0.15, -0.1) is 0 Å². The van der Waals surface area contributed by atoms with E-state index in [1.807, 2.05) is 0 Å². The first-order valence-electron chi connectivity index (χ1n) is 7.14.